The van der Waals surface area contributed by atoms with E-state index in [1.165, 1.54) is 5.56 Å². The van der Waals surface area contributed by atoms with E-state index in [-0.39, 0.29) is 11.9 Å². The van der Waals surface area contributed by atoms with E-state index in [4.69, 9.17) is 4.42 Å². The summed E-state index contributed by atoms with van der Waals surface area (Å²) in [5.41, 5.74) is 4.12. The highest BCUT2D eigenvalue weighted by molar-refractivity contribution is 5.89. The van der Waals surface area contributed by atoms with Gasteiger partial charge in [-0.1, -0.05) is 12.1 Å². The third kappa shape index (κ3) is 3.28. The lowest BCUT2D eigenvalue weighted by Gasteiger charge is -2.14. The van der Waals surface area contributed by atoms with Crippen LogP contribution < -0.4 is 5.32 Å². The highest BCUT2D eigenvalue weighted by atomic mass is 16.3. The topological polar surface area (TPSA) is 60.1 Å². The SMILES string of the molecule is Cc1ccc2c(CC(=O)NC(C)Cn3ccnc3)coc2c1C. The van der Waals surface area contributed by atoms with Crippen molar-refractivity contribution in [2.45, 2.75) is 39.8 Å². The molecular weight excluding hydrogens is 290 g/mol. The minimum atomic E-state index is -0.00135. The molecule has 0 saturated heterocycles. The zero-order chi connectivity index (χ0) is 16.4. The minimum Gasteiger partial charge on any atom is -0.464 e. The molecule has 0 aliphatic rings. The van der Waals surface area contributed by atoms with Crippen LogP contribution in [0.15, 0.2) is 41.5 Å². The van der Waals surface area contributed by atoms with Crippen molar-refractivity contribution in [3.8, 4) is 0 Å². The number of fused-ring (bicyclic) bond motifs is 1. The number of hydrogen-bond donors (Lipinski definition) is 1. The number of benzene rings is 1. The van der Waals surface area contributed by atoms with Gasteiger partial charge in [-0.05, 0) is 31.9 Å². The van der Waals surface area contributed by atoms with Crippen molar-refractivity contribution in [2.24, 2.45) is 0 Å². The molecular formula is C18H21N3O2. The normalized spacial score (nSPS) is 12.5. The molecule has 120 valence electrons. The van der Waals surface area contributed by atoms with E-state index < -0.39 is 0 Å². The summed E-state index contributed by atoms with van der Waals surface area (Å²) in [6, 6.07) is 4.13. The number of carbonyl (C=O) groups excluding carboxylic acids is 1. The van der Waals surface area contributed by atoms with Crippen molar-refractivity contribution >= 4 is 16.9 Å². The van der Waals surface area contributed by atoms with Gasteiger partial charge in [0.15, 0.2) is 0 Å². The molecule has 0 fully saturated rings. The van der Waals surface area contributed by atoms with E-state index in [0.717, 1.165) is 22.1 Å². The molecule has 3 aromatic rings. The lowest BCUT2D eigenvalue weighted by atomic mass is 10.0. The van der Waals surface area contributed by atoms with Gasteiger partial charge in [0.1, 0.15) is 5.58 Å². The van der Waals surface area contributed by atoms with E-state index in [0.29, 0.717) is 13.0 Å². The van der Waals surface area contributed by atoms with Crippen molar-refractivity contribution in [3.63, 3.8) is 0 Å². The monoisotopic (exact) mass is 311 g/mol. The summed E-state index contributed by atoms with van der Waals surface area (Å²) >= 11 is 0. The van der Waals surface area contributed by atoms with E-state index in [2.05, 4.69) is 23.3 Å². The quantitative estimate of drug-likeness (QED) is 0.788. The Morgan fingerprint density at radius 2 is 2.22 bits per heavy atom. The molecule has 2 aromatic heterocycles. The second-order valence-electron chi connectivity index (χ2n) is 6.05. The Labute approximate surface area is 135 Å². The summed E-state index contributed by atoms with van der Waals surface area (Å²) in [4.78, 5) is 16.3. The average Bonchev–Trinajstić information content (AvgIpc) is 3.13. The molecule has 5 heteroatoms. The lowest BCUT2D eigenvalue weighted by molar-refractivity contribution is -0.121. The third-order valence-electron chi connectivity index (χ3n) is 4.14. The maximum atomic E-state index is 12.3. The number of amides is 1. The first-order valence-electron chi connectivity index (χ1n) is 7.76. The van der Waals surface area contributed by atoms with Crippen LogP contribution >= 0.6 is 0 Å². The number of nitrogens with zero attached hydrogens (tertiary/aromatic N) is 2. The molecule has 1 N–H and O–H groups in total. The van der Waals surface area contributed by atoms with Crippen LogP contribution in [0.5, 0.6) is 0 Å². The van der Waals surface area contributed by atoms with Crippen LogP contribution in [0.3, 0.4) is 0 Å². The number of imidazole rings is 1. The van der Waals surface area contributed by atoms with Crippen molar-refractivity contribution in [1.29, 1.82) is 0 Å². The van der Waals surface area contributed by atoms with Gasteiger partial charge in [0, 0.05) is 35.9 Å². The van der Waals surface area contributed by atoms with Crippen LogP contribution in [0.1, 0.15) is 23.6 Å². The van der Waals surface area contributed by atoms with Gasteiger partial charge in [0.2, 0.25) is 5.91 Å². The second kappa shape index (κ2) is 6.28. The number of nitrogens with one attached hydrogen (secondary N) is 1. The van der Waals surface area contributed by atoms with Gasteiger partial charge in [-0.3, -0.25) is 4.79 Å². The van der Waals surface area contributed by atoms with Crippen LogP contribution in [0.2, 0.25) is 0 Å². The van der Waals surface area contributed by atoms with Gasteiger partial charge in [-0.2, -0.15) is 0 Å². The smallest absolute Gasteiger partial charge is 0.224 e. The van der Waals surface area contributed by atoms with Crippen LogP contribution in [0.25, 0.3) is 11.0 Å². The summed E-state index contributed by atoms with van der Waals surface area (Å²) in [5, 5.41) is 4.04. The van der Waals surface area contributed by atoms with E-state index in [9.17, 15) is 4.79 Å². The molecule has 1 unspecified atom stereocenters. The van der Waals surface area contributed by atoms with Gasteiger partial charge in [0.25, 0.3) is 0 Å². The standard InChI is InChI=1S/C18H21N3O2/c1-12-4-5-16-15(10-23-18(16)14(12)3)8-17(22)20-13(2)9-21-7-6-19-11-21/h4-7,10-11,13H,8-9H2,1-3H3,(H,20,22). The number of rotatable bonds is 5. The molecule has 5 nitrogen and oxygen atoms in total. The number of hydrogen-bond acceptors (Lipinski definition) is 3. The number of furan rings is 1. The molecule has 0 spiro atoms. The van der Waals surface area contributed by atoms with Crippen molar-refractivity contribution in [3.05, 3.63) is 53.8 Å². The van der Waals surface area contributed by atoms with E-state index >= 15 is 0 Å². The molecule has 0 saturated carbocycles. The Morgan fingerprint density at radius 3 is 2.96 bits per heavy atom. The molecule has 23 heavy (non-hydrogen) atoms. The van der Waals surface area contributed by atoms with Crippen molar-refractivity contribution in [2.75, 3.05) is 0 Å². The van der Waals surface area contributed by atoms with Crippen LogP contribution in [-0.4, -0.2) is 21.5 Å². The van der Waals surface area contributed by atoms with E-state index in [1.807, 2.05) is 30.7 Å². The zero-order valence-corrected chi connectivity index (χ0v) is 13.7. The van der Waals surface area contributed by atoms with Crippen molar-refractivity contribution in [1.82, 2.24) is 14.9 Å². The summed E-state index contributed by atoms with van der Waals surface area (Å²) in [5.74, 6) is -0.00135. The van der Waals surface area contributed by atoms with Crippen LogP contribution in [0, 0.1) is 13.8 Å². The summed E-state index contributed by atoms with van der Waals surface area (Å²) < 4.78 is 7.61. The van der Waals surface area contributed by atoms with Gasteiger partial charge >= 0.3 is 0 Å². The predicted octanol–water partition coefficient (Wildman–Crippen LogP) is 2.99. The molecule has 1 aromatic carbocycles. The van der Waals surface area contributed by atoms with Crippen LogP contribution in [0.4, 0.5) is 0 Å². The lowest BCUT2D eigenvalue weighted by Crippen LogP contribution is -2.36. The first-order chi connectivity index (χ1) is 11.0. The predicted molar refractivity (Wildman–Crippen MR) is 89.2 cm³/mol. The Balaban J connectivity index is 1.67. The number of aryl methyl sites for hydroxylation is 2. The molecule has 0 aliphatic heterocycles. The van der Waals surface area contributed by atoms with Crippen LogP contribution in [-0.2, 0) is 17.8 Å². The molecule has 1 atom stereocenters. The molecule has 2 heterocycles. The maximum absolute atomic E-state index is 12.3. The van der Waals surface area contributed by atoms with E-state index in [1.54, 1.807) is 18.8 Å². The van der Waals surface area contributed by atoms with Gasteiger partial charge in [0.05, 0.1) is 19.0 Å². The Hall–Kier alpha value is -2.56. The van der Waals surface area contributed by atoms with Crippen molar-refractivity contribution < 1.29 is 9.21 Å². The third-order valence-corrected chi connectivity index (χ3v) is 4.14. The fraction of sp³-hybridized carbons (Fsp3) is 0.333. The van der Waals surface area contributed by atoms with Gasteiger partial charge in [-0.25, -0.2) is 4.98 Å². The fourth-order valence-electron chi connectivity index (χ4n) is 2.78. The molecule has 3 rings (SSSR count). The summed E-state index contributed by atoms with van der Waals surface area (Å²) in [6.07, 6.45) is 7.38. The molecule has 1 amide bonds. The summed E-state index contributed by atoms with van der Waals surface area (Å²) in [6.45, 7) is 6.79. The number of aromatic nitrogens is 2. The Morgan fingerprint density at radius 1 is 1.39 bits per heavy atom. The Kier molecular flexibility index (Phi) is 4.19. The Bertz CT molecular complexity index is 818. The maximum Gasteiger partial charge on any atom is 0.224 e. The molecule has 0 radical (unpaired) electrons. The van der Waals surface area contributed by atoms with Gasteiger partial charge < -0.3 is 14.3 Å². The first-order valence-corrected chi connectivity index (χ1v) is 7.76. The van der Waals surface area contributed by atoms with Gasteiger partial charge in [-0.15, -0.1) is 0 Å². The fourth-order valence-corrected chi connectivity index (χ4v) is 2.78. The zero-order valence-electron chi connectivity index (χ0n) is 13.7. The largest absolute Gasteiger partial charge is 0.464 e. The summed E-state index contributed by atoms with van der Waals surface area (Å²) in [7, 11) is 0. The molecule has 0 bridgehead atoms. The average molecular weight is 311 g/mol. The minimum absolute atomic E-state index is 0.00135. The first kappa shape index (κ1) is 15.3. The highest BCUT2D eigenvalue weighted by Crippen LogP contribution is 2.26. The molecule has 0 aliphatic carbocycles. The second-order valence-corrected chi connectivity index (χ2v) is 6.05. The highest BCUT2D eigenvalue weighted by Gasteiger charge is 2.14. The number of carbonyl (C=O) groups is 1.